The molecule has 2 saturated carbocycles. The zero-order valence-corrected chi connectivity index (χ0v) is 11.6. The number of hydrogen-bond acceptors (Lipinski definition) is 0. The molecular weight excluding hydrogens is 230 g/mol. The third-order valence-corrected chi connectivity index (χ3v) is 5.10. The number of halogens is 2. The summed E-state index contributed by atoms with van der Waals surface area (Å²) in [6.45, 7) is 3.90. The molecule has 0 aromatic carbocycles. The lowest BCUT2D eigenvalue weighted by Crippen LogP contribution is -2.41. The lowest BCUT2D eigenvalue weighted by molar-refractivity contribution is -0.00497. The van der Waals surface area contributed by atoms with Gasteiger partial charge in [-0.25, -0.2) is 8.78 Å². The first-order valence-corrected chi connectivity index (χ1v) is 7.54. The van der Waals surface area contributed by atoms with Gasteiger partial charge in [-0.2, -0.15) is 0 Å². The molecule has 0 nitrogen and oxygen atoms in total. The molecule has 2 aliphatic carbocycles. The average molecular weight is 258 g/mol. The van der Waals surface area contributed by atoms with Gasteiger partial charge in [0.15, 0.2) is 0 Å². The van der Waals surface area contributed by atoms with Crippen molar-refractivity contribution in [1.29, 1.82) is 0 Å². The summed E-state index contributed by atoms with van der Waals surface area (Å²) in [4.78, 5) is 0. The van der Waals surface area contributed by atoms with E-state index in [-0.39, 0.29) is 13.3 Å². The van der Waals surface area contributed by atoms with Gasteiger partial charge in [0.1, 0.15) is 12.3 Å². The van der Waals surface area contributed by atoms with Crippen molar-refractivity contribution in [3.63, 3.8) is 0 Å². The van der Waals surface area contributed by atoms with E-state index >= 15 is 0 Å². The lowest BCUT2D eigenvalue weighted by Gasteiger charge is -2.40. The minimum atomic E-state index is -1.22. The maximum atomic E-state index is 14.1. The molecule has 0 radical (unpaired) electrons. The van der Waals surface area contributed by atoms with E-state index in [4.69, 9.17) is 0 Å². The Bertz CT molecular complexity index is 284. The van der Waals surface area contributed by atoms with Crippen molar-refractivity contribution in [3.05, 3.63) is 12.2 Å². The minimum absolute atomic E-state index is 0. The molecule has 0 aliphatic heterocycles. The molecule has 106 valence electrons. The summed E-state index contributed by atoms with van der Waals surface area (Å²) in [7, 11) is 0. The van der Waals surface area contributed by atoms with Gasteiger partial charge in [0.05, 0.1) is 0 Å². The SMILES string of the molecule is C/C=C/C1CCC(C2CCC(C)C(F)C2F)CC1.[HH]. The van der Waals surface area contributed by atoms with Crippen LogP contribution in [-0.2, 0) is 0 Å². The van der Waals surface area contributed by atoms with E-state index in [1.165, 1.54) is 0 Å². The Balaban J connectivity index is 0.00000180. The third kappa shape index (κ3) is 2.95. The fourth-order valence-electron chi connectivity index (χ4n) is 3.86. The lowest BCUT2D eigenvalue weighted by atomic mass is 9.68. The van der Waals surface area contributed by atoms with Crippen LogP contribution in [0.5, 0.6) is 0 Å². The fourth-order valence-corrected chi connectivity index (χ4v) is 3.86. The monoisotopic (exact) mass is 258 g/mol. The molecule has 0 N–H and O–H groups in total. The summed E-state index contributed by atoms with van der Waals surface area (Å²) in [6, 6.07) is 0. The molecule has 0 saturated heterocycles. The molecule has 0 aromatic heterocycles. The van der Waals surface area contributed by atoms with Gasteiger partial charge in [-0.1, -0.05) is 19.1 Å². The summed E-state index contributed by atoms with van der Waals surface area (Å²) in [5, 5.41) is 0. The van der Waals surface area contributed by atoms with Gasteiger partial charge in [0.25, 0.3) is 0 Å². The van der Waals surface area contributed by atoms with Crippen LogP contribution in [0.4, 0.5) is 8.78 Å². The Morgan fingerprint density at radius 1 is 0.944 bits per heavy atom. The molecule has 0 aromatic rings. The molecule has 2 fully saturated rings. The second-order valence-electron chi connectivity index (χ2n) is 6.31. The van der Waals surface area contributed by atoms with Crippen molar-refractivity contribution in [1.82, 2.24) is 0 Å². The quantitative estimate of drug-likeness (QED) is 0.587. The number of hydrogen-bond donors (Lipinski definition) is 0. The van der Waals surface area contributed by atoms with Gasteiger partial charge in [0.2, 0.25) is 0 Å². The summed E-state index contributed by atoms with van der Waals surface area (Å²) in [5.41, 5.74) is 0. The van der Waals surface area contributed by atoms with Crippen LogP contribution in [0.1, 0.15) is 53.8 Å². The van der Waals surface area contributed by atoms with Gasteiger partial charge in [-0.3, -0.25) is 0 Å². The Kier molecular flexibility index (Phi) is 4.80. The highest BCUT2D eigenvalue weighted by molar-refractivity contribution is 4.94. The van der Waals surface area contributed by atoms with Crippen molar-refractivity contribution in [2.45, 2.75) is 64.7 Å². The first-order chi connectivity index (χ1) is 8.63. The van der Waals surface area contributed by atoms with Crippen molar-refractivity contribution >= 4 is 0 Å². The Morgan fingerprint density at radius 3 is 2.22 bits per heavy atom. The van der Waals surface area contributed by atoms with E-state index in [0.29, 0.717) is 11.8 Å². The van der Waals surface area contributed by atoms with Crippen molar-refractivity contribution in [3.8, 4) is 0 Å². The molecule has 0 spiro atoms. The summed E-state index contributed by atoms with van der Waals surface area (Å²) in [6.07, 6.45) is 8.18. The van der Waals surface area contributed by atoms with Crippen LogP contribution >= 0.6 is 0 Å². The highest BCUT2D eigenvalue weighted by Crippen LogP contribution is 2.43. The van der Waals surface area contributed by atoms with Gasteiger partial charge in [-0.15, -0.1) is 0 Å². The maximum absolute atomic E-state index is 14.1. The topological polar surface area (TPSA) is 0 Å². The Labute approximate surface area is 111 Å². The van der Waals surface area contributed by atoms with Gasteiger partial charge in [0, 0.05) is 1.43 Å². The van der Waals surface area contributed by atoms with Gasteiger partial charge >= 0.3 is 0 Å². The minimum Gasteiger partial charge on any atom is -0.244 e. The third-order valence-electron chi connectivity index (χ3n) is 5.10. The zero-order valence-electron chi connectivity index (χ0n) is 11.6. The molecular formula is C16H28F2. The molecule has 0 heterocycles. The molecule has 2 aliphatic rings. The van der Waals surface area contributed by atoms with Crippen molar-refractivity contribution < 1.29 is 10.2 Å². The molecule has 4 atom stereocenters. The highest BCUT2D eigenvalue weighted by Gasteiger charge is 2.42. The van der Waals surface area contributed by atoms with Crippen LogP contribution < -0.4 is 0 Å². The van der Waals surface area contributed by atoms with Crippen LogP contribution in [0.25, 0.3) is 0 Å². The first-order valence-electron chi connectivity index (χ1n) is 7.54. The summed E-state index contributed by atoms with van der Waals surface area (Å²) in [5.74, 6) is 0.999. The van der Waals surface area contributed by atoms with Gasteiger partial charge < -0.3 is 0 Å². The second kappa shape index (κ2) is 6.16. The highest BCUT2D eigenvalue weighted by atomic mass is 19.2. The summed E-state index contributed by atoms with van der Waals surface area (Å²) >= 11 is 0. The second-order valence-corrected chi connectivity index (χ2v) is 6.31. The normalized spacial score (nSPS) is 46.4. The molecule has 0 bridgehead atoms. The van der Waals surface area contributed by atoms with Crippen LogP contribution in [0.3, 0.4) is 0 Å². The molecule has 4 unspecified atom stereocenters. The van der Waals surface area contributed by atoms with E-state index in [1.807, 2.05) is 6.92 Å². The number of alkyl halides is 2. The molecule has 2 heteroatoms. The Hall–Kier alpha value is -0.400. The first kappa shape index (κ1) is 14.0. The Morgan fingerprint density at radius 2 is 1.61 bits per heavy atom. The van der Waals surface area contributed by atoms with E-state index in [2.05, 4.69) is 19.1 Å². The van der Waals surface area contributed by atoms with E-state index in [9.17, 15) is 8.78 Å². The largest absolute Gasteiger partial charge is 0.244 e. The van der Waals surface area contributed by atoms with Gasteiger partial charge in [-0.05, 0) is 69.1 Å². The van der Waals surface area contributed by atoms with Crippen LogP contribution in [-0.4, -0.2) is 12.3 Å². The standard InChI is InChI=1S/C16H26F2.H2/c1-3-4-12-6-8-13(9-7-12)14-10-5-11(2)15(17)16(14)18;/h3-4,11-16H,5-10H2,1-2H3;1H/b4-3+;. The van der Waals surface area contributed by atoms with Crippen LogP contribution in [0.15, 0.2) is 12.2 Å². The van der Waals surface area contributed by atoms with E-state index < -0.39 is 12.3 Å². The number of allylic oxidation sites excluding steroid dienone is 2. The van der Waals surface area contributed by atoms with Crippen LogP contribution in [0.2, 0.25) is 0 Å². The predicted octanol–water partition coefficient (Wildman–Crippen LogP) is 5.34. The maximum Gasteiger partial charge on any atom is 0.134 e. The smallest absolute Gasteiger partial charge is 0.134 e. The predicted molar refractivity (Wildman–Crippen MR) is 74.1 cm³/mol. The van der Waals surface area contributed by atoms with E-state index in [0.717, 1.165) is 38.5 Å². The van der Waals surface area contributed by atoms with E-state index in [1.54, 1.807) is 0 Å². The zero-order chi connectivity index (χ0) is 13.1. The molecule has 0 amide bonds. The van der Waals surface area contributed by atoms with Crippen molar-refractivity contribution in [2.24, 2.45) is 23.7 Å². The molecule has 2 rings (SSSR count). The van der Waals surface area contributed by atoms with Crippen LogP contribution in [0, 0.1) is 23.7 Å². The summed E-state index contributed by atoms with van der Waals surface area (Å²) < 4.78 is 27.9. The molecule has 18 heavy (non-hydrogen) atoms. The fraction of sp³-hybridized carbons (Fsp3) is 0.875. The number of rotatable bonds is 2. The van der Waals surface area contributed by atoms with Crippen molar-refractivity contribution in [2.75, 3.05) is 0 Å². The average Bonchev–Trinajstić information content (AvgIpc) is 2.38.